The Morgan fingerprint density at radius 2 is 2.16 bits per heavy atom. The Hall–Kier alpha value is -1.49. The third kappa shape index (κ3) is 3.73. The Balaban J connectivity index is 1.92. The van der Waals surface area contributed by atoms with E-state index >= 15 is 0 Å². The first-order valence-corrected chi connectivity index (χ1v) is 6.77. The Bertz CT molecular complexity index is 417. The highest BCUT2D eigenvalue weighted by molar-refractivity contribution is 5.54. The van der Waals surface area contributed by atoms with E-state index in [1.54, 1.807) is 7.11 Å². The van der Waals surface area contributed by atoms with Crippen molar-refractivity contribution in [2.24, 2.45) is 5.92 Å². The summed E-state index contributed by atoms with van der Waals surface area (Å²) in [7, 11) is 1.75. The fourth-order valence-electron chi connectivity index (χ4n) is 1.98. The zero-order valence-corrected chi connectivity index (χ0v) is 11.8. The summed E-state index contributed by atoms with van der Waals surface area (Å²) in [5.41, 5.74) is 6.44. The van der Waals surface area contributed by atoms with Gasteiger partial charge in [-0.3, -0.25) is 0 Å². The number of hydrogen-bond donors (Lipinski definition) is 2. The van der Waals surface area contributed by atoms with Crippen LogP contribution < -0.4 is 15.8 Å². The first kappa shape index (κ1) is 13.9. The maximum absolute atomic E-state index is 5.86. The van der Waals surface area contributed by atoms with Crippen LogP contribution in [-0.2, 0) is 4.74 Å². The normalized spacial score (nSPS) is 22.1. The molecule has 0 aromatic carbocycles. The standard InChI is InChI=1S/C14H23N3O2/c1-9(2)8-19-14-12(15)4-5-13(17-14)16-10-6-11(7-10)18-3/h4-5,9-11H,6-8,15H2,1-3H3,(H,16,17). The van der Waals surface area contributed by atoms with Crippen LogP contribution in [0, 0.1) is 5.92 Å². The number of rotatable bonds is 6. The van der Waals surface area contributed by atoms with E-state index in [4.69, 9.17) is 15.2 Å². The van der Waals surface area contributed by atoms with E-state index in [1.165, 1.54) is 0 Å². The molecule has 3 N–H and O–H groups in total. The van der Waals surface area contributed by atoms with Crippen LogP contribution in [0.5, 0.6) is 5.88 Å². The van der Waals surface area contributed by atoms with E-state index < -0.39 is 0 Å². The van der Waals surface area contributed by atoms with Gasteiger partial charge in [0.15, 0.2) is 0 Å². The molecule has 1 saturated carbocycles. The van der Waals surface area contributed by atoms with Crippen LogP contribution in [-0.4, -0.2) is 30.8 Å². The Morgan fingerprint density at radius 1 is 1.42 bits per heavy atom. The van der Waals surface area contributed by atoms with Crippen LogP contribution in [0.2, 0.25) is 0 Å². The molecule has 1 aromatic heterocycles. The molecule has 5 nitrogen and oxygen atoms in total. The number of methoxy groups -OCH3 is 1. The second-order valence-electron chi connectivity index (χ2n) is 5.47. The molecule has 0 amide bonds. The van der Waals surface area contributed by atoms with Gasteiger partial charge in [-0.05, 0) is 30.9 Å². The SMILES string of the molecule is COC1CC(Nc2ccc(N)c(OCC(C)C)n2)C1. The van der Waals surface area contributed by atoms with Gasteiger partial charge in [0.25, 0.3) is 0 Å². The first-order valence-electron chi connectivity index (χ1n) is 6.77. The third-order valence-corrected chi connectivity index (χ3v) is 3.22. The number of hydrogen-bond acceptors (Lipinski definition) is 5. The lowest BCUT2D eigenvalue weighted by atomic mass is 9.89. The number of nitrogens with two attached hydrogens (primary N) is 1. The predicted molar refractivity (Wildman–Crippen MR) is 76.4 cm³/mol. The van der Waals surface area contributed by atoms with Crippen LogP contribution in [0.4, 0.5) is 11.5 Å². The lowest BCUT2D eigenvalue weighted by molar-refractivity contribution is 0.0328. The third-order valence-electron chi connectivity index (χ3n) is 3.22. The summed E-state index contributed by atoms with van der Waals surface area (Å²) >= 11 is 0. The summed E-state index contributed by atoms with van der Waals surface area (Å²) in [5, 5.41) is 3.37. The van der Waals surface area contributed by atoms with Crippen molar-refractivity contribution in [3.05, 3.63) is 12.1 Å². The molecule has 5 heteroatoms. The van der Waals surface area contributed by atoms with Gasteiger partial charge >= 0.3 is 0 Å². The van der Waals surface area contributed by atoms with Crippen molar-refractivity contribution in [1.82, 2.24) is 4.98 Å². The van der Waals surface area contributed by atoms with E-state index in [-0.39, 0.29) is 0 Å². The minimum absolute atomic E-state index is 0.378. The van der Waals surface area contributed by atoms with Gasteiger partial charge < -0.3 is 20.5 Å². The zero-order chi connectivity index (χ0) is 13.8. The predicted octanol–water partition coefficient (Wildman–Crippen LogP) is 2.29. The second-order valence-corrected chi connectivity index (χ2v) is 5.47. The molecule has 1 heterocycles. The molecule has 0 aliphatic heterocycles. The summed E-state index contributed by atoms with van der Waals surface area (Å²) in [5.74, 6) is 1.78. The van der Waals surface area contributed by atoms with Crippen molar-refractivity contribution < 1.29 is 9.47 Å². The molecule has 1 aliphatic rings. The van der Waals surface area contributed by atoms with Gasteiger partial charge in [0.1, 0.15) is 5.82 Å². The molecule has 0 bridgehead atoms. The lowest BCUT2D eigenvalue weighted by Gasteiger charge is -2.34. The molecule has 2 rings (SSSR count). The highest BCUT2D eigenvalue weighted by atomic mass is 16.5. The van der Waals surface area contributed by atoms with Crippen LogP contribution in [0.1, 0.15) is 26.7 Å². The molecule has 1 aliphatic carbocycles. The van der Waals surface area contributed by atoms with Crippen LogP contribution in [0.15, 0.2) is 12.1 Å². The maximum Gasteiger partial charge on any atom is 0.239 e. The smallest absolute Gasteiger partial charge is 0.239 e. The monoisotopic (exact) mass is 265 g/mol. The van der Waals surface area contributed by atoms with Crippen LogP contribution >= 0.6 is 0 Å². The molecule has 1 fully saturated rings. The fourth-order valence-corrected chi connectivity index (χ4v) is 1.98. The molecule has 19 heavy (non-hydrogen) atoms. The number of nitrogens with one attached hydrogen (secondary N) is 1. The fraction of sp³-hybridized carbons (Fsp3) is 0.643. The largest absolute Gasteiger partial charge is 0.476 e. The minimum atomic E-state index is 0.378. The maximum atomic E-state index is 5.86. The molecule has 0 atom stereocenters. The summed E-state index contributed by atoms with van der Waals surface area (Å²) in [6.07, 6.45) is 2.41. The van der Waals surface area contributed by atoms with E-state index in [0.29, 0.717) is 36.2 Å². The number of nitrogen functional groups attached to an aromatic ring is 1. The van der Waals surface area contributed by atoms with Crippen molar-refractivity contribution in [1.29, 1.82) is 0 Å². The van der Waals surface area contributed by atoms with Crippen molar-refractivity contribution in [2.75, 3.05) is 24.8 Å². The van der Waals surface area contributed by atoms with E-state index in [2.05, 4.69) is 24.1 Å². The molecule has 1 aromatic rings. The van der Waals surface area contributed by atoms with E-state index in [0.717, 1.165) is 18.7 Å². The minimum Gasteiger partial charge on any atom is -0.476 e. The van der Waals surface area contributed by atoms with Crippen LogP contribution in [0.25, 0.3) is 0 Å². The molecule has 0 radical (unpaired) electrons. The van der Waals surface area contributed by atoms with Crippen molar-refractivity contribution in [3.8, 4) is 5.88 Å². The Kier molecular flexibility index (Phi) is 4.47. The van der Waals surface area contributed by atoms with Crippen molar-refractivity contribution in [2.45, 2.75) is 38.8 Å². The zero-order valence-electron chi connectivity index (χ0n) is 11.8. The highest BCUT2D eigenvalue weighted by Crippen LogP contribution is 2.27. The van der Waals surface area contributed by atoms with Gasteiger partial charge in [0.2, 0.25) is 5.88 Å². The number of nitrogens with zero attached hydrogens (tertiary/aromatic N) is 1. The summed E-state index contributed by atoms with van der Waals surface area (Å²) in [4.78, 5) is 4.42. The molecule has 106 valence electrons. The van der Waals surface area contributed by atoms with Gasteiger partial charge in [0.05, 0.1) is 18.4 Å². The summed E-state index contributed by atoms with van der Waals surface area (Å²) in [6.45, 7) is 4.81. The number of anilines is 2. The quantitative estimate of drug-likeness (QED) is 0.826. The molecular weight excluding hydrogens is 242 g/mol. The van der Waals surface area contributed by atoms with Gasteiger partial charge in [-0.25, -0.2) is 0 Å². The first-order chi connectivity index (χ1) is 9.08. The number of aromatic nitrogens is 1. The van der Waals surface area contributed by atoms with Gasteiger partial charge in [0, 0.05) is 13.2 Å². The number of pyridine rings is 1. The summed E-state index contributed by atoms with van der Waals surface area (Å²) < 4.78 is 10.9. The van der Waals surface area contributed by atoms with E-state index in [9.17, 15) is 0 Å². The Morgan fingerprint density at radius 3 is 2.79 bits per heavy atom. The Labute approximate surface area is 114 Å². The van der Waals surface area contributed by atoms with Crippen molar-refractivity contribution in [3.63, 3.8) is 0 Å². The van der Waals surface area contributed by atoms with Crippen LogP contribution in [0.3, 0.4) is 0 Å². The van der Waals surface area contributed by atoms with Gasteiger partial charge in [-0.15, -0.1) is 0 Å². The van der Waals surface area contributed by atoms with E-state index in [1.807, 2.05) is 12.1 Å². The van der Waals surface area contributed by atoms with Gasteiger partial charge in [-0.1, -0.05) is 13.8 Å². The highest BCUT2D eigenvalue weighted by Gasteiger charge is 2.29. The molecule has 0 saturated heterocycles. The second kappa shape index (κ2) is 6.10. The molecular formula is C14H23N3O2. The summed E-state index contributed by atoms with van der Waals surface area (Å²) in [6, 6.07) is 4.15. The molecule has 0 spiro atoms. The van der Waals surface area contributed by atoms with Gasteiger partial charge in [-0.2, -0.15) is 4.98 Å². The molecule has 0 unspecified atom stereocenters. The average Bonchev–Trinajstić information content (AvgIpc) is 2.33. The number of ether oxygens (including phenoxy) is 2. The van der Waals surface area contributed by atoms with Crippen molar-refractivity contribution >= 4 is 11.5 Å². The topological polar surface area (TPSA) is 69.4 Å². The lowest BCUT2D eigenvalue weighted by Crippen LogP contribution is -2.40. The average molecular weight is 265 g/mol.